The zero-order valence-corrected chi connectivity index (χ0v) is 17.1. The van der Waals surface area contributed by atoms with Crippen molar-refractivity contribution in [2.24, 2.45) is 7.05 Å². The molecule has 0 saturated heterocycles. The van der Waals surface area contributed by atoms with Crippen molar-refractivity contribution in [1.82, 2.24) is 19.6 Å². The van der Waals surface area contributed by atoms with Gasteiger partial charge in [-0.3, -0.25) is 9.48 Å². The number of carbonyl (C=O) groups excluding carboxylic acids is 2. The molecule has 9 nitrogen and oxygen atoms in total. The molecule has 29 heavy (non-hydrogen) atoms. The van der Waals surface area contributed by atoms with E-state index in [0.29, 0.717) is 15.8 Å². The van der Waals surface area contributed by atoms with Crippen molar-refractivity contribution < 1.29 is 19.1 Å². The molecule has 0 saturated carbocycles. The standard InChI is InChI=1S/C18H17Cl2N5O4/c1-3-28-18(27)12-9-21-24(2)16(12)22-17(26)14-6-7-25(23-14)10-29-15-5-4-11(19)8-13(15)20/h4-9H,3,10H2,1-2H3,(H,22,26). The first kappa shape index (κ1) is 20.7. The SMILES string of the molecule is CCOC(=O)c1cnn(C)c1NC(=O)c1ccn(COc2ccc(Cl)cc2Cl)n1. The Balaban J connectivity index is 1.67. The van der Waals surface area contributed by atoms with Gasteiger partial charge in [0.15, 0.2) is 12.4 Å². The van der Waals surface area contributed by atoms with Gasteiger partial charge in [-0.05, 0) is 31.2 Å². The molecule has 1 amide bonds. The highest BCUT2D eigenvalue weighted by Crippen LogP contribution is 2.27. The summed E-state index contributed by atoms with van der Waals surface area (Å²) < 4.78 is 13.3. The number of anilines is 1. The van der Waals surface area contributed by atoms with E-state index in [0.717, 1.165) is 0 Å². The van der Waals surface area contributed by atoms with Crippen LogP contribution < -0.4 is 10.1 Å². The average Bonchev–Trinajstić information content (AvgIpc) is 3.29. The normalized spacial score (nSPS) is 10.6. The number of carbonyl (C=O) groups is 2. The predicted octanol–water partition coefficient (Wildman–Crippen LogP) is 3.39. The topological polar surface area (TPSA) is 100 Å². The number of aryl methyl sites for hydroxylation is 1. The highest BCUT2D eigenvalue weighted by molar-refractivity contribution is 6.35. The van der Waals surface area contributed by atoms with Gasteiger partial charge in [-0.15, -0.1) is 0 Å². The second kappa shape index (κ2) is 8.97. The molecule has 0 aliphatic carbocycles. The van der Waals surface area contributed by atoms with Gasteiger partial charge < -0.3 is 14.8 Å². The lowest BCUT2D eigenvalue weighted by Gasteiger charge is -2.08. The van der Waals surface area contributed by atoms with Gasteiger partial charge in [0.2, 0.25) is 0 Å². The van der Waals surface area contributed by atoms with Crippen LogP contribution >= 0.6 is 23.2 Å². The number of nitrogens with zero attached hydrogens (tertiary/aromatic N) is 4. The number of halogens is 2. The summed E-state index contributed by atoms with van der Waals surface area (Å²) in [5, 5.41) is 11.6. The van der Waals surface area contributed by atoms with Crippen molar-refractivity contribution in [2.75, 3.05) is 11.9 Å². The van der Waals surface area contributed by atoms with Crippen LogP contribution in [0.25, 0.3) is 0 Å². The molecule has 152 valence electrons. The van der Waals surface area contributed by atoms with Crippen LogP contribution in [0, 0.1) is 0 Å². The molecule has 3 aromatic rings. The molecule has 0 radical (unpaired) electrons. The summed E-state index contributed by atoms with van der Waals surface area (Å²) in [5.74, 6) is -0.434. The number of hydrogen-bond acceptors (Lipinski definition) is 6. The van der Waals surface area contributed by atoms with Gasteiger partial charge >= 0.3 is 5.97 Å². The van der Waals surface area contributed by atoms with E-state index >= 15 is 0 Å². The van der Waals surface area contributed by atoms with E-state index in [1.165, 1.54) is 21.6 Å². The molecule has 2 heterocycles. The van der Waals surface area contributed by atoms with Crippen molar-refractivity contribution in [3.05, 3.63) is 58.0 Å². The van der Waals surface area contributed by atoms with E-state index in [1.54, 1.807) is 38.4 Å². The van der Waals surface area contributed by atoms with Crippen LogP contribution in [-0.4, -0.2) is 38.0 Å². The monoisotopic (exact) mass is 437 g/mol. The second-order valence-electron chi connectivity index (χ2n) is 5.79. The van der Waals surface area contributed by atoms with Crippen LogP contribution in [0.4, 0.5) is 5.82 Å². The summed E-state index contributed by atoms with van der Waals surface area (Å²) in [6.45, 7) is 1.94. The van der Waals surface area contributed by atoms with E-state index in [9.17, 15) is 9.59 Å². The van der Waals surface area contributed by atoms with Crippen molar-refractivity contribution in [2.45, 2.75) is 13.7 Å². The lowest BCUT2D eigenvalue weighted by Crippen LogP contribution is -2.18. The first-order valence-electron chi connectivity index (χ1n) is 8.50. The van der Waals surface area contributed by atoms with Crippen molar-refractivity contribution in [3.8, 4) is 5.75 Å². The van der Waals surface area contributed by atoms with E-state index in [1.807, 2.05) is 0 Å². The molecule has 1 aromatic carbocycles. The summed E-state index contributed by atoms with van der Waals surface area (Å²) in [6, 6.07) is 6.37. The fourth-order valence-electron chi connectivity index (χ4n) is 2.40. The molecule has 0 bridgehead atoms. The maximum absolute atomic E-state index is 12.5. The number of ether oxygens (including phenoxy) is 2. The van der Waals surface area contributed by atoms with E-state index in [-0.39, 0.29) is 30.4 Å². The maximum Gasteiger partial charge on any atom is 0.343 e. The number of nitrogens with one attached hydrogen (secondary N) is 1. The van der Waals surface area contributed by atoms with E-state index < -0.39 is 11.9 Å². The molecule has 0 fully saturated rings. The lowest BCUT2D eigenvalue weighted by atomic mass is 10.3. The first-order valence-corrected chi connectivity index (χ1v) is 9.26. The highest BCUT2D eigenvalue weighted by atomic mass is 35.5. The van der Waals surface area contributed by atoms with E-state index in [4.69, 9.17) is 32.7 Å². The molecule has 0 aliphatic heterocycles. The fraction of sp³-hybridized carbons (Fsp3) is 0.222. The minimum absolute atomic E-state index is 0.0361. The predicted molar refractivity (Wildman–Crippen MR) is 106 cm³/mol. The Morgan fingerprint density at radius 3 is 2.76 bits per heavy atom. The second-order valence-corrected chi connectivity index (χ2v) is 6.64. The number of amides is 1. The molecule has 1 N–H and O–H groups in total. The molecule has 0 spiro atoms. The Morgan fingerprint density at radius 1 is 1.24 bits per heavy atom. The number of rotatable bonds is 7. The Bertz CT molecular complexity index is 1050. The summed E-state index contributed by atoms with van der Waals surface area (Å²) >= 11 is 11.9. The maximum atomic E-state index is 12.5. The molecule has 2 aromatic heterocycles. The van der Waals surface area contributed by atoms with Crippen molar-refractivity contribution in [1.29, 1.82) is 0 Å². The molecule has 0 unspecified atom stereocenters. The van der Waals surface area contributed by atoms with Gasteiger partial charge in [-0.1, -0.05) is 23.2 Å². The number of aromatic nitrogens is 4. The van der Waals surface area contributed by atoms with Crippen LogP contribution in [-0.2, 0) is 18.5 Å². The van der Waals surface area contributed by atoms with Gasteiger partial charge in [0.05, 0.1) is 17.8 Å². The molecule has 11 heteroatoms. The lowest BCUT2D eigenvalue weighted by molar-refractivity contribution is 0.0527. The Morgan fingerprint density at radius 2 is 2.03 bits per heavy atom. The molecule has 0 aliphatic rings. The van der Waals surface area contributed by atoms with Gasteiger partial charge in [0, 0.05) is 18.3 Å². The Labute approximate surface area is 176 Å². The van der Waals surface area contributed by atoms with Crippen LogP contribution in [0.15, 0.2) is 36.7 Å². The summed E-state index contributed by atoms with van der Waals surface area (Å²) in [6.07, 6.45) is 2.91. The number of benzene rings is 1. The van der Waals surface area contributed by atoms with E-state index in [2.05, 4.69) is 15.5 Å². The molecular weight excluding hydrogens is 421 g/mol. The van der Waals surface area contributed by atoms with Crippen molar-refractivity contribution >= 4 is 40.9 Å². The molecular formula is C18H17Cl2N5O4. The minimum Gasteiger partial charge on any atom is -0.470 e. The van der Waals surface area contributed by atoms with Crippen LogP contribution in [0.3, 0.4) is 0 Å². The smallest absolute Gasteiger partial charge is 0.343 e. The summed E-state index contributed by atoms with van der Waals surface area (Å²) in [4.78, 5) is 24.5. The fourth-order valence-corrected chi connectivity index (χ4v) is 2.86. The quantitative estimate of drug-likeness (QED) is 0.568. The van der Waals surface area contributed by atoms with Gasteiger partial charge in [0.1, 0.15) is 17.1 Å². The van der Waals surface area contributed by atoms with Crippen LogP contribution in [0.2, 0.25) is 10.0 Å². The third kappa shape index (κ3) is 4.87. The van der Waals surface area contributed by atoms with Gasteiger partial charge in [-0.25, -0.2) is 9.48 Å². The third-order valence-electron chi connectivity index (χ3n) is 3.79. The van der Waals surface area contributed by atoms with Crippen molar-refractivity contribution in [3.63, 3.8) is 0 Å². The largest absolute Gasteiger partial charge is 0.470 e. The summed E-state index contributed by atoms with van der Waals surface area (Å²) in [7, 11) is 1.60. The Hall–Kier alpha value is -3.04. The van der Waals surface area contributed by atoms with Crippen LogP contribution in [0.5, 0.6) is 5.75 Å². The zero-order chi connectivity index (χ0) is 21.0. The number of hydrogen-bond donors (Lipinski definition) is 1. The van der Waals surface area contributed by atoms with Gasteiger partial charge in [0.25, 0.3) is 5.91 Å². The minimum atomic E-state index is -0.574. The molecule has 0 atom stereocenters. The number of esters is 1. The van der Waals surface area contributed by atoms with Gasteiger partial charge in [-0.2, -0.15) is 10.2 Å². The Kier molecular flexibility index (Phi) is 6.40. The zero-order valence-electron chi connectivity index (χ0n) is 15.6. The third-order valence-corrected chi connectivity index (χ3v) is 4.32. The first-order chi connectivity index (χ1) is 13.9. The average molecular weight is 438 g/mol. The highest BCUT2D eigenvalue weighted by Gasteiger charge is 2.20. The molecule has 3 rings (SSSR count). The summed E-state index contributed by atoms with van der Waals surface area (Å²) in [5.41, 5.74) is 0.287. The van der Waals surface area contributed by atoms with Crippen LogP contribution in [0.1, 0.15) is 27.8 Å².